The molecule has 1 N–H and O–H groups in total. The van der Waals surface area contributed by atoms with Crippen molar-refractivity contribution in [1.29, 1.82) is 0 Å². The molecule has 88 valence electrons. The lowest BCUT2D eigenvalue weighted by molar-refractivity contribution is -0.137. The van der Waals surface area contributed by atoms with E-state index in [1.165, 1.54) is 6.20 Å². The van der Waals surface area contributed by atoms with Gasteiger partial charge in [0.1, 0.15) is 6.54 Å². The summed E-state index contributed by atoms with van der Waals surface area (Å²) in [6.07, 6.45) is 1.19. The Kier molecular flexibility index (Phi) is 3.69. The molecule has 1 heterocycles. The van der Waals surface area contributed by atoms with Crippen LogP contribution in [0.1, 0.15) is 19.9 Å². The molecule has 7 heteroatoms. The molecule has 0 saturated heterocycles. The van der Waals surface area contributed by atoms with Gasteiger partial charge in [-0.3, -0.25) is 18.7 Å². The van der Waals surface area contributed by atoms with E-state index in [9.17, 15) is 14.4 Å². The fourth-order valence-electron chi connectivity index (χ4n) is 1.30. The minimum absolute atomic E-state index is 0.169. The predicted molar refractivity (Wildman–Crippen MR) is 60.7 cm³/mol. The van der Waals surface area contributed by atoms with Crippen LogP contribution < -0.4 is 11.2 Å². The maximum absolute atomic E-state index is 11.8. The average molecular weight is 291 g/mol. The Balaban J connectivity index is 3.51. The number of aliphatic carboxylic acids is 1. The zero-order chi connectivity index (χ0) is 12.5. The van der Waals surface area contributed by atoms with Gasteiger partial charge in [0.05, 0.1) is 4.47 Å². The third-order valence-corrected chi connectivity index (χ3v) is 2.51. The van der Waals surface area contributed by atoms with Crippen molar-refractivity contribution in [2.75, 3.05) is 0 Å². The summed E-state index contributed by atoms with van der Waals surface area (Å²) < 4.78 is 2.16. The van der Waals surface area contributed by atoms with Crippen molar-refractivity contribution in [1.82, 2.24) is 9.13 Å². The molecule has 0 atom stereocenters. The van der Waals surface area contributed by atoms with Crippen LogP contribution in [0.4, 0.5) is 0 Å². The first-order valence-electron chi connectivity index (χ1n) is 4.58. The van der Waals surface area contributed by atoms with Crippen molar-refractivity contribution in [3.8, 4) is 0 Å². The van der Waals surface area contributed by atoms with Gasteiger partial charge in [0, 0.05) is 12.2 Å². The summed E-state index contributed by atoms with van der Waals surface area (Å²) in [4.78, 5) is 33.9. The molecule has 6 nitrogen and oxygen atoms in total. The maximum atomic E-state index is 11.8. The van der Waals surface area contributed by atoms with Crippen molar-refractivity contribution >= 4 is 21.9 Å². The second-order valence-corrected chi connectivity index (χ2v) is 4.40. The Hall–Kier alpha value is -1.37. The van der Waals surface area contributed by atoms with Gasteiger partial charge in [-0.25, -0.2) is 4.79 Å². The molecule has 1 aromatic rings. The lowest BCUT2D eigenvalue weighted by atomic mass is 10.4. The Morgan fingerprint density at radius 2 is 2.06 bits per heavy atom. The highest BCUT2D eigenvalue weighted by Gasteiger charge is 2.13. The molecule has 0 bridgehead atoms. The van der Waals surface area contributed by atoms with Gasteiger partial charge in [0.25, 0.3) is 5.56 Å². The Morgan fingerprint density at radius 3 is 2.50 bits per heavy atom. The average Bonchev–Trinajstić information content (AvgIpc) is 2.13. The van der Waals surface area contributed by atoms with E-state index in [1.54, 1.807) is 13.8 Å². The van der Waals surface area contributed by atoms with Gasteiger partial charge in [-0.05, 0) is 29.8 Å². The normalized spacial score (nSPS) is 10.8. The van der Waals surface area contributed by atoms with E-state index < -0.39 is 23.8 Å². The number of carbonyl (C=O) groups is 1. The molecule has 0 saturated carbocycles. The van der Waals surface area contributed by atoms with Crippen LogP contribution in [0.2, 0.25) is 0 Å². The minimum Gasteiger partial charge on any atom is -0.480 e. The smallest absolute Gasteiger partial charge is 0.331 e. The van der Waals surface area contributed by atoms with Crippen LogP contribution in [0.3, 0.4) is 0 Å². The summed E-state index contributed by atoms with van der Waals surface area (Å²) >= 11 is 3.00. The van der Waals surface area contributed by atoms with Crippen LogP contribution in [0.15, 0.2) is 20.3 Å². The van der Waals surface area contributed by atoms with Crippen LogP contribution >= 0.6 is 15.9 Å². The Bertz CT molecular complexity index is 529. The molecule has 1 rings (SSSR count). The van der Waals surface area contributed by atoms with Crippen molar-refractivity contribution < 1.29 is 9.90 Å². The first-order chi connectivity index (χ1) is 7.34. The van der Waals surface area contributed by atoms with Crippen molar-refractivity contribution in [3.63, 3.8) is 0 Å². The molecular weight excluding hydrogens is 280 g/mol. The number of hydrogen-bond acceptors (Lipinski definition) is 3. The van der Waals surface area contributed by atoms with Gasteiger partial charge in [-0.2, -0.15) is 0 Å². The number of aromatic nitrogens is 2. The molecule has 0 aliphatic heterocycles. The number of nitrogens with zero attached hydrogens (tertiary/aromatic N) is 2. The van der Waals surface area contributed by atoms with E-state index in [1.807, 2.05) is 0 Å². The van der Waals surface area contributed by atoms with E-state index in [4.69, 9.17) is 5.11 Å². The maximum Gasteiger partial charge on any atom is 0.331 e. The van der Waals surface area contributed by atoms with Crippen LogP contribution in [0.5, 0.6) is 0 Å². The van der Waals surface area contributed by atoms with Gasteiger partial charge in [0.15, 0.2) is 0 Å². The van der Waals surface area contributed by atoms with Crippen LogP contribution in [0.25, 0.3) is 0 Å². The topological polar surface area (TPSA) is 81.3 Å². The lowest BCUT2D eigenvalue weighted by Gasteiger charge is -2.12. The lowest BCUT2D eigenvalue weighted by Crippen LogP contribution is -2.41. The molecule has 0 radical (unpaired) electrons. The van der Waals surface area contributed by atoms with Gasteiger partial charge in [-0.15, -0.1) is 0 Å². The van der Waals surface area contributed by atoms with E-state index in [0.29, 0.717) is 0 Å². The first kappa shape index (κ1) is 12.7. The van der Waals surface area contributed by atoms with Gasteiger partial charge < -0.3 is 5.11 Å². The van der Waals surface area contributed by atoms with Crippen molar-refractivity contribution in [3.05, 3.63) is 31.5 Å². The number of carboxylic acid groups (broad SMARTS) is 1. The molecule has 0 aromatic carbocycles. The Labute approximate surface area is 99.3 Å². The summed E-state index contributed by atoms with van der Waals surface area (Å²) in [6.45, 7) is 2.89. The number of hydrogen-bond donors (Lipinski definition) is 1. The van der Waals surface area contributed by atoms with E-state index in [-0.39, 0.29) is 10.5 Å². The van der Waals surface area contributed by atoms with Gasteiger partial charge in [0.2, 0.25) is 0 Å². The summed E-state index contributed by atoms with van der Waals surface area (Å²) in [5, 5.41) is 8.62. The fourth-order valence-corrected chi connectivity index (χ4v) is 1.74. The van der Waals surface area contributed by atoms with Gasteiger partial charge in [-0.1, -0.05) is 0 Å². The molecule has 0 fully saturated rings. The SMILES string of the molecule is CC(C)n1c(=O)c(Br)cn(CC(=O)O)c1=O. The largest absolute Gasteiger partial charge is 0.480 e. The zero-order valence-corrected chi connectivity index (χ0v) is 10.4. The van der Waals surface area contributed by atoms with Crippen LogP contribution in [0, 0.1) is 0 Å². The molecule has 0 aliphatic rings. The zero-order valence-electron chi connectivity index (χ0n) is 8.81. The van der Waals surface area contributed by atoms with E-state index in [2.05, 4.69) is 15.9 Å². The number of rotatable bonds is 3. The van der Waals surface area contributed by atoms with Gasteiger partial charge >= 0.3 is 11.7 Å². The molecule has 0 unspecified atom stereocenters. The third kappa shape index (κ3) is 2.41. The van der Waals surface area contributed by atoms with E-state index >= 15 is 0 Å². The van der Waals surface area contributed by atoms with Crippen molar-refractivity contribution in [2.45, 2.75) is 26.4 Å². The number of halogens is 1. The minimum atomic E-state index is -1.14. The van der Waals surface area contributed by atoms with Crippen molar-refractivity contribution in [2.24, 2.45) is 0 Å². The third-order valence-electron chi connectivity index (χ3n) is 1.97. The molecule has 0 aliphatic carbocycles. The molecule has 0 spiro atoms. The first-order valence-corrected chi connectivity index (χ1v) is 5.37. The second-order valence-electron chi connectivity index (χ2n) is 3.55. The molecular formula is C9H11BrN2O4. The number of carboxylic acids is 1. The summed E-state index contributed by atoms with van der Waals surface area (Å²) in [7, 11) is 0. The van der Waals surface area contributed by atoms with E-state index in [0.717, 1.165) is 9.13 Å². The highest BCUT2D eigenvalue weighted by atomic mass is 79.9. The highest BCUT2D eigenvalue weighted by Crippen LogP contribution is 2.03. The quantitative estimate of drug-likeness (QED) is 0.876. The highest BCUT2D eigenvalue weighted by molar-refractivity contribution is 9.10. The monoisotopic (exact) mass is 290 g/mol. The summed E-state index contributed by atoms with van der Waals surface area (Å²) in [5.41, 5.74) is -1.08. The fraction of sp³-hybridized carbons (Fsp3) is 0.444. The van der Waals surface area contributed by atoms with Crippen LogP contribution in [-0.2, 0) is 11.3 Å². The summed E-state index contributed by atoms with van der Waals surface area (Å²) in [6, 6.07) is -0.322. The second kappa shape index (κ2) is 4.65. The van der Waals surface area contributed by atoms with Crippen LogP contribution in [-0.4, -0.2) is 20.2 Å². The summed E-state index contributed by atoms with van der Waals surface area (Å²) in [5.74, 6) is -1.14. The molecule has 1 aromatic heterocycles. The standard InChI is InChI=1S/C9H11BrN2O4/c1-5(2)12-8(15)6(10)3-11(9(12)16)4-7(13)14/h3,5H,4H2,1-2H3,(H,13,14). The Morgan fingerprint density at radius 1 is 1.50 bits per heavy atom. The predicted octanol–water partition coefficient (Wildman–Crippen LogP) is 0.438. The molecule has 0 amide bonds. The molecule has 16 heavy (non-hydrogen) atoms.